The number of nitriles is 3. The van der Waals surface area contributed by atoms with Gasteiger partial charge in [0.15, 0.2) is 15.4 Å². The van der Waals surface area contributed by atoms with E-state index in [9.17, 15) is 13.7 Å². The number of nitrogens with one attached hydrogen (secondary N) is 1. The fourth-order valence-electron chi connectivity index (χ4n) is 3.16. The van der Waals surface area contributed by atoms with Gasteiger partial charge in [-0.2, -0.15) is 15.8 Å². The van der Waals surface area contributed by atoms with Crippen LogP contribution in [0.5, 0.6) is 0 Å². The van der Waals surface area contributed by atoms with Crippen molar-refractivity contribution < 1.29 is 8.42 Å². The average Bonchev–Trinajstić information content (AvgIpc) is 2.67. The van der Waals surface area contributed by atoms with Gasteiger partial charge in [0.2, 0.25) is 0 Å². The second-order valence-corrected chi connectivity index (χ2v) is 9.65. The van der Waals surface area contributed by atoms with Crippen molar-refractivity contribution >= 4 is 21.2 Å². The van der Waals surface area contributed by atoms with E-state index < -0.39 is 20.7 Å². The highest BCUT2D eigenvalue weighted by atomic mass is 32.2. The van der Waals surface area contributed by atoms with Crippen LogP contribution in [0.25, 0.3) is 0 Å². The first-order valence-corrected chi connectivity index (χ1v) is 10.6. The van der Waals surface area contributed by atoms with Crippen LogP contribution in [0.2, 0.25) is 0 Å². The minimum Gasteiger partial charge on any atom is -0.371 e. The second kappa shape index (κ2) is 8.78. The molecule has 2 rings (SSSR count). The number of benzene rings is 1. The second-order valence-electron chi connectivity index (χ2n) is 7.18. The summed E-state index contributed by atoms with van der Waals surface area (Å²) in [6.07, 6.45) is 2.20. The van der Waals surface area contributed by atoms with E-state index >= 15 is 0 Å². The highest BCUT2D eigenvalue weighted by molar-refractivity contribution is 7.92. The lowest BCUT2D eigenvalue weighted by molar-refractivity contribution is 0.447. The van der Waals surface area contributed by atoms with E-state index in [1.165, 1.54) is 6.07 Å². The molecule has 1 heterocycles. The van der Waals surface area contributed by atoms with E-state index in [-0.39, 0.29) is 16.3 Å². The van der Waals surface area contributed by atoms with Gasteiger partial charge in [-0.25, -0.2) is 8.42 Å². The van der Waals surface area contributed by atoms with Crippen LogP contribution in [-0.4, -0.2) is 26.8 Å². The zero-order valence-electron chi connectivity index (χ0n) is 16.2. The van der Waals surface area contributed by atoms with Crippen LogP contribution in [0, 0.1) is 39.9 Å². The molecule has 0 aromatic heterocycles. The van der Waals surface area contributed by atoms with Crippen LogP contribution < -0.4 is 10.2 Å². The van der Waals surface area contributed by atoms with Crippen molar-refractivity contribution in [1.29, 1.82) is 15.8 Å². The Labute approximate surface area is 166 Å². The lowest BCUT2D eigenvalue weighted by Gasteiger charge is -2.33. The highest BCUT2D eigenvalue weighted by Gasteiger charge is 2.25. The predicted molar refractivity (Wildman–Crippen MR) is 107 cm³/mol. The summed E-state index contributed by atoms with van der Waals surface area (Å²) in [7, 11) is -3.64. The van der Waals surface area contributed by atoms with Crippen molar-refractivity contribution in [3.05, 3.63) is 29.5 Å². The van der Waals surface area contributed by atoms with Gasteiger partial charge in [0, 0.05) is 18.8 Å². The molecule has 1 aliphatic rings. The zero-order valence-corrected chi connectivity index (χ0v) is 17.0. The molecule has 1 aromatic carbocycles. The summed E-state index contributed by atoms with van der Waals surface area (Å²) in [6, 6.07) is 10.1. The number of rotatable bonds is 5. The molecular formula is C20H23N5O2S. The maximum Gasteiger partial charge on any atom is 0.182 e. The van der Waals surface area contributed by atoms with Crippen molar-refractivity contribution in [2.45, 2.75) is 43.8 Å². The Bertz CT molecular complexity index is 991. The molecule has 28 heavy (non-hydrogen) atoms. The standard InChI is InChI=1S/C20H23N5O2S/c1-14(2)28(26,27)20-7-6-17(25-8-4-5-15(3)13-25)9-18(20)24-19(12-23)16(10-21)11-22/h6-7,9,14-15,24H,4-5,8,13H2,1-3H3. The zero-order chi connectivity index (χ0) is 20.9. The van der Waals surface area contributed by atoms with Crippen LogP contribution in [0.4, 0.5) is 11.4 Å². The number of sulfone groups is 1. The Morgan fingerprint density at radius 3 is 2.43 bits per heavy atom. The van der Waals surface area contributed by atoms with Crippen molar-refractivity contribution in [3.63, 3.8) is 0 Å². The normalized spacial score (nSPS) is 16.6. The Kier molecular flexibility index (Phi) is 6.67. The first-order valence-electron chi connectivity index (χ1n) is 9.09. The van der Waals surface area contributed by atoms with Gasteiger partial charge >= 0.3 is 0 Å². The number of hydrogen-bond donors (Lipinski definition) is 1. The van der Waals surface area contributed by atoms with E-state index in [1.807, 2.05) is 0 Å². The van der Waals surface area contributed by atoms with E-state index in [0.717, 1.165) is 31.6 Å². The third kappa shape index (κ3) is 4.44. The quantitative estimate of drug-likeness (QED) is 0.756. The smallest absolute Gasteiger partial charge is 0.182 e. The van der Waals surface area contributed by atoms with Gasteiger partial charge < -0.3 is 10.2 Å². The molecule has 0 spiro atoms. The summed E-state index contributed by atoms with van der Waals surface area (Å²) in [4.78, 5) is 2.22. The minimum atomic E-state index is -3.64. The molecule has 7 nitrogen and oxygen atoms in total. The lowest BCUT2D eigenvalue weighted by Crippen LogP contribution is -2.34. The van der Waals surface area contributed by atoms with Gasteiger partial charge in [0.1, 0.15) is 23.9 Å². The Morgan fingerprint density at radius 1 is 1.21 bits per heavy atom. The summed E-state index contributed by atoms with van der Waals surface area (Å²) in [5, 5.41) is 29.5. The van der Waals surface area contributed by atoms with E-state index in [4.69, 9.17) is 10.5 Å². The molecule has 1 atom stereocenters. The Hall–Kier alpha value is -3.02. The molecule has 1 fully saturated rings. The van der Waals surface area contributed by atoms with Gasteiger partial charge in [0.05, 0.1) is 15.8 Å². The van der Waals surface area contributed by atoms with Crippen LogP contribution >= 0.6 is 0 Å². The number of piperidine rings is 1. The van der Waals surface area contributed by atoms with Crippen LogP contribution in [0.3, 0.4) is 0 Å². The van der Waals surface area contributed by atoms with Gasteiger partial charge in [-0.05, 0) is 50.8 Å². The van der Waals surface area contributed by atoms with Crippen LogP contribution in [-0.2, 0) is 9.84 Å². The molecule has 1 N–H and O–H groups in total. The molecule has 0 amide bonds. The maximum absolute atomic E-state index is 12.8. The Balaban J connectivity index is 2.60. The van der Waals surface area contributed by atoms with Crippen molar-refractivity contribution in [1.82, 2.24) is 0 Å². The molecule has 146 valence electrons. The Morgan fingerprint density at radius 2 is 1.89 bits per heavy atom. The molecular weight excluding hydrogens is 374 g/mol. The predicted octanol–water partition coefficient (Wildman–Crippen LogP) is 3.34. The molecule has 1 unspecified atom stereocenters. The topological polar surface area (TPSA) is 121 Å². The molecule has 0 saturated carbocycles. The summed E-state index contributed by atoms with van der Waals surface area (Å²) in [5.74, 6) is 0.530. The summed E-state index contributed by atoms with van der Waals surface area (Å²) in [6.45, 7) is 7.05. The maximum atomic E-state index is 12.8. The van der Waals surface area contributed by atoms with Gasteiger partial charge in [-0.3, -0.25) is 0 Å². The van der Waals surface area contributed by atoms with Gasteiger partial charge in [-0.15, -0.1) is 0 Å². The monoisotopic (exact) mass is 397 g/mol. The number of allylic oxidation sites excluding steroid dienone is 2. The number of hydrogen-bond acceptors (Lipinski definition) is 7. The minimum absolute atomic E-state index is 0.0410. The third-order valence-electron chi connectivity index (χ3n) is 4.76. The number of nitrogens with zero attached hydrogens (tertiary/aromatic N) is 4. The molecule has 1 saturated heterocycles. The fraction of sp³-hybridized carbons (Fsp3) is 0.450. The van der Waals surface area contributed by atoms with Crippen molar-refractivity contribution in [3.8, 4) is 18.2 Å². The molecule has 0 aliphatic carbocycles. The first kappa shape index (κ1) is 21.3. The van der Waals surface area contributed by atoms with Crippen LogP contribution in [0.1, 0.15) is 33.6 Å². The van der Waals surface area contributed by atoms with Crippen molar-refractivity contribution in [2.75, 3.05) is 23.3 Å². The average molecular weight is 398 g/mol. The summed E-state index contributed by atoms with van der Waals surface area (Å²) < 4.78 is 25.6. The SMILES string of the molecule is CC1CCCN(c2ccc(S(=O)(=O)C(C)C)c(NC(C#N)=C(C#N)C#N)c2)C1. The van der Waals surface area contributed by atoms with E-state index in [2.05, 4.69) is 17.1 Å². The van der Waals surface area contributed by atoms with Crippen LogP contribution in [0.15, 0.2) is 34.4 Å². The van der Waals surface area contributed by atoms with E-state index in [1.54, 1.807) is 44.2 Å². The highest BCUT2D eigenvalue weighted by Crippen LogP contribution is 2.32. The lowest BCUT2D eigenvalue weighted by atomic mass is 10.00. The summed E-state index contributed by atoms with van der Waals surface area (Å²) in [5.41, 5.74) is 0.371. The fourth-order valence-corrected chi connectivity index (χ4v) is 4.34. The van der Waals surface area contributed by atoms with Crippen molar-refractivity contribution in [2.24, 2.45) is 5.92 Å². The molecule has 8 heteroatoms. The largest absolute Gasteiger partial charge is 0.371 e. The molecule has 1 aromatic rings. The first-order chi connectivity index (χ1) is 13.2. The molecule has 1 aliphatic heterocycles. The van der Waals surface area contributed by atoms with Gasteiger partial charge in [-0.1, -0.05) is 6.92 Å². The summed E-state index contributed by atoms with van der Waals surface area (Å²) >= 11 is 0. The van der Waals surface area contributed by atoms with E-state index in [0.29, 0.717) is 5.92 Å². The molecule has 0 radical (unpaired) electrons. The third-order valence-corrected chi connectivity index (χ3v) is 6.97. The number of anilines is 2. The van der Waals surface area contributed by atoms with Gasteiger partial charge in [0.25, 0.3) is 0 Å². The molecule has 0 bridgehead atoms.